The van der Waals surface area contributed by atoms with Crippen LogP contribution in [0.1, 0.15) is 28.2 Å². The molecule has 2 heterocycles. The zero-order valence-electron chi connectivity index (χ0n) is 13.8. The summed E-state index contributed by atoms with van der Waals surface area (Å²) in [6, 6.07) is 12.5. The van der Waals surface area contributed by atoms with Crippen molar-refractivity contribution in [2.24, 2.45) is 5.10 Å². The predicted molar refractivity (Wildman–Crippen MR) is 104 cm³/mol. The predicted octanol–water partition coefficient (Wildman–Crippen LogP) is 2.87. The third kappa shape index (κ3) is 3.06. The number of hydrogen-bond acceptors (Lipinski definition) is 4. The molecular formula is C19H15BrN4O2. The van der Waals surface area contributed by atoms with Crippen molar-refractivity contribution in [2.45, 2.75) is 19.4 Å². The lowest BCUT2D eigenvalue weighted by molar-refractivity contribution is 0.0955. The summed E-state index contributed by atoms with van der Waals surface area (Å²) in [7, 11) is 0. The van der Waals surface area contributed by atoms with E-state index < -0.39 is 0 Å². The monoisotopic (exact) mass is 410 g/mol. The summed E-state index contributed by atoms with van der Waals surface area (Å²) in [5.74, 6) is 0.435. The van der Waals surface area contributed by atoms with E-state index in [2.05, 4.69) is 31.4 Å². The van der Waals surface area contributed by atoms with Gasteiger partial charge in [-0.3, -0.25) is 14.2 Å². The van der Waals surface area contributed by atoms with Crippen LogP contribution in [0.4, 0.5) is 0 Å². The molecule has 1 aliphatic heterocycles. The second-order valence-electron chi connectivity index (χ2n) is 6.04. The van der Waals surface area contributed by atoms with Gasteiger partial charge in [0.15, 0.2) is 0 Å². The number of benzene rings is 2. The summed E-state index contributed by atoms with van der Waals surface area (Å²) in [5.41, 5.74) is 4.28. The van der Waals surface area contributed by atoms with Gasteiger partial charge in [0, 0.05) is 28.6 Å². The molecule has 0 aliphatic carbocycles. The zero-order valence-corrected chi connectivity index (χ0v) is 15.4. The number of aromatic nitrogens is 2. The van der Waals surface area contributed by atoms with Crippen molar-refractivity contribution in [3.63, 3.8) is 0 Å². The minimum absolute atomic E-state index is 0.0404. The molecule has 1 aromatic heterocycles. The van der Waals surface area contributed by atoms with Gasteiger partial charge >= 0.3 is 0 Å². The number of carbonyl (C=O) groups excluding carboxylic acids is 1. The van der Waals surface area contributed by atoms with Crippen LogP contribution in [0.5, 0.6) is 0 Å². The van der Waals surface area contributed by atoms with Crippen LogP contribution in [-0.4, -0.2) is 21.7 Å². The molecule has 0 spiro atoms. The molecule has 0 fully saturated rings. The van der Waals surface area contributed by atoms with E-state index in [1.54, 1.807) is 29.0 Å². The van der Waals surface area contributed by atoms with Gasteiger partial charge in [-0.15, -0.1) is 0 Å². The molecule has 6 nitrogen and oxygen atoms in total. The fourth-order valence-corrected chi connectivity index (χ4v) is 3.42. The first-order valence-corrected chi connectivity index (χ1v) is 9.04. The van der Waals surface area contributed by atoms with Crippen molar-refractivity contribution < 1.29 is 4.79 Å². The zero-order chi connectivity index (χ0) is 18.1. The molecule has 0 bridgehead atoms. The van der Waals surface area contributed by atoms with Gasteiger partial charge in [0.1, 0.15) is 5.82 Å². The topological polar surface area (TPSA) is 76.3 Å². The molecule has 130 valence electrons. The summed E-state index contributed by atoms with van der Waals surface area (Å²) in [6.07, 6.45) is 3.29. The fraction of sp³-hybridized carbons (Fsp3) is 0.158. The summed E-state index contributed by atoms with van der Waals surface area (Å²) in [6.45, 7) is 0.711. The largest absolute Gasteiger partial charge is 0.296 e. The lowest BCUT2D eigenvalue weighted by Crippen LogP contribution is -2.22. The highest BCUT2D eigenvalue weighted by molar-refractivity contribution is 9.10. The number of hydrazone groups is 1. The molecule has 26 heavy (non-hydrogen) atoms. The molecule has 0 unspecified atom stereocenters. The molecule has 7 heteroatoms. The highest BCUT2D eigenvalue weighted by Crippen LogP contribution is 2.16. The minimum atomic E-state index is -0.349. The smallest absolute Gasteiger partial charge is 0.271 e. The lowest BCUT2D eigenvalue weighted by atomic mass is 10.1. The Hall–Kier alpha value is -2.80. The Bertz CT molecular complexity index is 1100. The number of hydrogen-bond donors (Lipinski definition) is 1. The van der Waals surface area contributed by atoms with Crippen LogP contribution < -0.4 is 11.0 Å². The van der Waals surface area contributed by atoms with Crippen LogP contribution in [-0.2, 0) is 13.0 Å². The molecule has 0 atom stereocenters. The first-order chi connectivity index (χ1) is 12.6. The SMILES string of the molecule is O=C(N/N=C\c1ccccc1Br)c1ccc2c(=O)n3c(nc2c1)CCC3. The van der Waals surface area contributed by atoms with E-state index in [0.29, 0.717) is 23.0 Å². The average molecular weight is 411 g/mol. The van der Waals surface area contributed by atoms with E-state index in [0.717, 1.165) is 28.7 Å². The highest BCUT2D eigenvalue weighted by atomic mass is 79.9. The standard InChI is InChI=1S/C19H15BrN4O2/c20-15-5-2-1-4-13(15)11-21-23-18(25)12-7-8-14-16(10-12)22-17-6-3-9-24(17)19(14)26/h1-2,4-5,7-8,10-11H,3,6,9H2,(H,23,25)/b21-11-. The first-order valence-electron chi connectivity index (χ1n) is 8.25. The number of carbonyl (C=O) groups is 1. The number of nitrogens with zero attached hydrogens (tertiary/aromatic N) is 3. The Kier molecular flexibility index (Phi) is 4.38. The molecule has 1 amide bonds. The van der Waals surface area contributed by atoms with E-state index in [1.165, 1.54) is 0 Å². The maximum absolute atomic E-state index is 12.5. The second kappa shape index (κ2) is 6.84. The molecule has 4 rings (SSSR count). The van der Waals surface area contributed by atoms with E-state index in [-0.39, 0.29) is 11.5 Å². The maximum Gasteiger partial charge on any atom is 0.271 e. The number of halogens is 1. The Balaban J connectivity index is 1.58. The normalized spacial score (nSPS) is 13.3. The Morgan fingerprint density at radius 3 is 2.96 bits per heavy atom. The van der Waals surface area contributed by atoms with Crippen molar-refractivity contribution in [1.29, 1.82) is 0 Å². The van der Waals surface area contributed by atoms with E-state index in [1.807, 2.05) is 24.3 Å². The van der Waals surface area contributed by atoms with Crippen LogP contribution in [0, 0.1) is 0 Å². The number of aryl methyl sites for hydroxylation is 1. The van der Waals surface area contributed by atoms with E-state index >= 15 is 0 Å². The third-order valence-corrected chi connectivity index (χ3v) is 5.08. The number of fused-ring (bicyclic) bond motifs is 2. The van der Waals surface area contributed by atoms with Crippen LogP contribution in [0.2, 0.25) is 0 Å². The quantitative estimate of drug-likeness (QED) is 0.532. The molecule has 3 aromatic rings. The molecular weight excluding hydrogens is 396 g/mol. The number of amides is 1. The summed E-state index contributed by atoms with van der Waals surface area (Å²) in [4.78, 5) is 29.3. The maximum atomic E-state index is 12.5. The second-order valence-corrected chi connectivity index (χ2v) is 6.90. The van der Waals surface area contributed by atoms with Crippen molar-refractivity contribution in [2.75, 3.05) is 0 Å². The third-order valence-electron chi connectivity index (χ3n) is 4.35. The first kappa shape index (κ1) is 16.7. The molecule has 1 aliphatic rings. The van der Waals surface area contributed by atoms with Gasteiger partial charge in [0.05, 0.1) is 17.1 Å². The molecule has 0 saturated carbocycles. The van der Waals surface area contributed by atoms with Crippen LogP contribution in [0.25, 0.3) is 10.9 Å². The average Bonchev–Trinajstić information content (AvgIpc) is 3.11. The van der Waals surface area contributed by atoms with Gasteiger partial charge in [-0.2, -0.15) is 5.10 Å². The van der Waals surface area contributed by atoms with Crippen LogP contribution in [0.15, 0.2) is 56.8 Å². The summed E-state index contributed by atoms with van der Waals surface area (Å²) in [5, 5.41) is 4.52. The number of rotatable bonds is 3. The van der Waals surface area contributed by atoms with Crippen molar-refractivity contribution >= 4 is 39.0 Å². The Labute approximate surface area is 157 Å². The fourth-order valence-electron chi connectivity index (χ4n) is 3.03. The van der Waals surface area contributed by atoms with Crippen LogP contribution >= 0.6 is 15.9 Å². The summed E-state index contributed by atoms with van der Waals surface area (Å²) < 4.78 is 2.60. The number of nitrogens with one attached hydrogen (secondary N) is 1. The molecule has 1 N–H and O–H groups in total. The summed E-state index contributed by atoms with van der Waals surface area (Å²) >= 11 is 3.42. The van der Waals surface area contributed by atoms with Gasteiger partial charge < -0.3 is 0 Å². The molecule has 2 aromatic carbocycles. The van der Waals surface area contributed by atoms with Crippen molar-refractivity contribution in [3.05, 3.63) is 74.2 Å². The van der Waals surface area contributed by atoms with E-state index in [4.69, 9.17) is 0 Å². The highest BCUT2D eigenvalue weighted by Gasteiger charge is 2.17. The van der Waals surface area contributed by atoms with Crippen molar-refractivity contribution in [1.82, 2.24) is 15.0 Å². The Morgan fingerprint density at radius 1 is 1.27 bits per heavy atom. The van der Waals surface area contributed by atoms with Gasteiger partial charge in [-0.25, -0.2) is 10.4 Å². The van der Waals surface area contributed by atoms with Gasteiger partial charge in [0.2, 0.25) is 0 Å². The van der Waals surface area contributed by atoms with Crippen LogP contribution in [0.3, 0.4) is 0 Å². The van der Waals surface area contributed by atoms with Crippen molar-refractivity contribution in [3.8, 4) is 0 Å². The minimum Gasteiger partial charge on any atom is -0.296 e. The van der Waals surface area contributed by atoms with Gasteiger partial charge in [0.25, 0.3) is 11.5 Å². The Morgan fingerprint density at radius 2 is 2.12 bits per heavy atom. The van der Waals surface area contributed by atoms with E-state index in [9.17, 15) is 9.59 Å². The van der Waals surface area contributed by atoms with Gasteiger partial charge in [-0.1, -0.05) is 34.1 Å². The van der Waals surface area contributed by atoms with Gasteiger partial charge in [-0.05, 0) is 30.7 Å². The molecule has 0 radical (unpaired) electrons. The molecule has 0 saturated heterocycles. The lowest BCUT2D eigenvalue weighted by Gasteiger charge is -2.06.